The third-order valence-corrected chi connectivity index (χ3v) is 10.7. The third kappa shape index (κ3) is 5.78. The summed E-state index contributed by atoms with van der Waals surface area (Å²) in [5.74, 6) is 0. The van der Waals surface area contributed by atoms with Gasteiger partial charge in [-0.2, -0.15) is 0 Å². The molecule has 0 spiro atoms. The zero-order chi connectivity index (χ0) is 27.6. The molecule has 5 aromatic carbocycles. The highest BCUT2D eigenvalue weighted by molar-refractivity contribution is 7.68. The molecular weight excluding hydrogens is 487 g/mol. The standard InChI is InChI=1S/C38H39P/c1-37(2,3)39(38(4,5)6)35-25-17-16-24-32(35)36-33(29-20-12-8-13-21-29)26-31(28-18-10-7-11-19-28)27-34(36)30-22-14-9-15-23-30/h7-27H,1-6H3. The van der Waals surface area contributed by atoms with Crippen LogP contribution in [-0.2, 0) is 0 Å². The van der Waals surface area contributed by atoms with Crippen LogP contribution >= 0.6 is 7.92 Å². The van der Waals surface area contributed by atoms with Crippen LogP contribution in [0.25, 0.3) is 44.5 Å². The fourth-order valence-electron chi connectivity index (χ4n) is 6.03. The van der Waals surface area contributed by atoms with Crippen molar-refractivity contribution in [3.8, 4) is 44.5 Å². The molecule has 0 atom stereocenters. The maximum absolute atomic E-state index is 2.41. The fraction of sp³-hybridized carbons (Fsp3) is 0.211. The highest BCUT2D eigenvalue weighted by Crippen LogP contribution is 2.60. The van der Waals surface area contributed by atoms with Gasteiger partial charge in [0.1, 0.15) is 0 Å². The van der Waals surface area contributed by atoms with Gasteiger partial charge in [0.2, 0.25) is 0 Å². The van der Waals surface area contributed by atoms with Crippen molar-refractivity contribution in [2.75, 3.05) is 0 Å². The minimum Gasteiger partial charge on any atom is -0.0636 e. The molecule has 39 heavy (non-hydrogen) atoms. The van der Waals surface area contributed by atoms with Gasteiger partial charge in [-0.05, 0) is 72.3 Å². The van der Waals surface area contributed by atoms with Crippen LogP contribution in [0.15, 0.2) is 127 Å². The molecule has 0 aliphatic heterocycles. The van der Waals surface area contributed by atoms with Gasteiger partial charge in [0.15, 0.2) is 0 Å². The summed E-state index contributed by atoms with van der Waals surface area (Å²) in [5, 5.41) is 1.80. The van der Waals surface area contributed by atoms with E-state index in [0.29, 0.717) is 0 Å². The van der Waals surface area contributed by atoms with Gasteiger partial charge in [0.25, 0.3) is 0 Å². The summed E-state index contributed by atoms with van der Waals surface area (Å²) in [4.78, 5) is 0. The van der Waals surface area contributed by atoms with E-state index < -0.39 is 7.92 Å². The van der Waals surface area contributed by atoms with Crippen molar-refractivity contribution in [2.24, 2.45) is 0 Å². The summed E-state index contributed by atoms with van der Waals surface area (Å²) >= 11 is 0. The van der Waals surface area contributed by atoms with Crippen molar-refractivity contribution < 1.29 is 0 Å². The lowest BCUT2D eigenvalue weighted by Crippen LogP contribution is -2.32. The molecule has 0 heterocycles. The lowest BCUT2D eigenvalue weighted by atomic mass is 9.84. The predicted molar refractivity (Wildman–Crippen MR) is 174 cm³/mol. The Bertz CT molecular complexity index is 1460. The maximum Gasteiger partial charge on any atom is -0.00200 e. The molecule has 0 radical (unpaired) electrons. The summed E-state index contributed by atoms with van der Waals surface area (Å²) in [6.07, 6.45) is 0. The largest absolute Gasteiger partial charge is 0.0636 e. The molecule has 196 valence electrons. The molecule has 5 aromatic rings. The van der Waals surface area contributed by atoms with E-state index in [1.807, 2.05) is 0 Å². The van der Waals surface area contributed by atoms with Crippen LogP contribution in [0, 0.1) is 0 Å². The van der Waals surface area contributed by atoms with Crippen molar-refractivity contribution in [3.05, 3.63) is 127 Å². The molecule has 0 aliphatic carbocycles. The van der Waals surface area contributed by atoms with E-state index >= 15 is 0 Å². The summed E-state index contributed by atoms with van der Waals surface area (Å²) in [6, 6.07) is 46.6. The maximum atomic E-state index is 2.41. The Morgan fingerprint density at radius 3 is 1.21 bits per heavy atom. The molecular formula is C38H39P. The zero-order valence-electron chi connectivity index (χ0n) is 24.1. The lowest BCUT2D eigenvalue weighted by molar-refractivity contribution is 0.715. The predicted octanol–water partition coefficient (Wildman–Crippen LogP) is 11.1. The first-order valence-corrected chi connectivity index (χ1v) is 15.2. The minimum absolute atomic E-state index is 0.160. The van der Waals surface area contributed by atoms with Crippen LogP contribution in [0.5, 0.6) is 0 Å². The topological polar surface area (TPSA) is 0 Å². The van der Waals surface area contributed by atoms with E-state index in [1.54, 1.807) is 0 Å². The molecule has 1 heteroatoms. The lowest BCUT2D eigenvalue weighted by Gasteiger charge is -2.43. The van der Waals surface area contributed by atoms with Crippen LogP contribution in [0.1, 0.15) is 41.5 Å². The Balaban J connectivity index is 1.92. The van der Waals surface area contributed by atoms with E-state index in [0.717, 1.165) is 0 Å². The van der Waals surface area contributed by atoms with Crippen LogP contribution in [0.2, 0.25) is 0 Å². The van der Waals surface area contributed by atoms with Crippen LogP contribution in [-0.4, -0.2) is 10.3 Å². The van der Waals surface area contributed by atoms with Crippen molar-refractivity contribution in [2.45, 2.75) is 51.9 Å². The Labute approximate surface area is 236 Å². The number of benzene rings is 5. The van der Waals surface area contributed by atoms with E-state index in [2.05, 4.69) is 169 Å². The number of hydrogen-bond donors (Lipinski definition) is 0. The second kappa shape index (κ2) is 11.0. The molecule has 0 bridgehead atoms. The SMILES string of the molecule is CC(C)(C)P(c1ccccc1-c1c(-c2ccccc2)cc(-c2ccccc2)cc1-c1ccccc1)C(C)(C)C. The first-order chi connectivity index (χ1) is 18.6. The molecule has 0 unspecified atom stereocenters. The smallest absolute Gasteiger partial charge is 0.00200 e. The molecule has 0 amide bonds. The minimum atomic E-state index is -0.496. The molecule has 0 fully saturated rings. The van der Waals surface area contributed by atoms with Gasteiger partial charge in [-0.15, -0.1) is 0 Å². The molecule has 0 aromatic heterocycles. The van der Waals surface area contributed by atoms with Gasteiger partial charge < -0.3 is 0 Å². The van der Waals surface area contributed by atoms with E-state index in [4.69, 9.17) is 0 Å². The van der Waals surface area contributed by atoms with Crippen molar-refractivity contribution >= 4 is 13.2 Å². The highest BCUT2D eigenvalue weighted by atomic mass is 31.1. The van der Waals surface area contributed by atoms with E-state index in [1.165, 1.54) is 49.8 Å². The molecule has 0 nitrogen and oxygen atoms in total. The van der Waals surface area contributed by atoms with Gasteiger partial charge in [-0.25, -0.2) is 0 Å². The molecule has 0 N–H and O–H groups in total. The van der Waals surface area contributed by atoms with Gasteiger partial charge >= 0.3 is 0 Å². The first-order valence-electron chi connectivity index (χ1n) is 13.9. The van der Waals surface area contributed by atoms with Crippen LogP contribution < -0.4 is 5.30 Å². The fourth-order valence-corrected chi connectivity index (χ4v) is 10.1. The third-order valence-electron chi connectivity index (χ3n) is 7.17. The zero-order valence-corrected chi connectivity index (χ0v) is 25.0. The monoisotopic (exact) mass is 526 g/mol. The molecule has 0 saturated carbocycles. The average Bonchev–Trinajstić information content (AvgIpc) is 2.93. The van der Waals surface area contributed by atoms with Crippen LogP contribution in [0.4, 0.5) is 0 Å². The van der Waals surface area contributed by atoms with E-state index in [9.17, 15) is 0 Å². The normalized spacial score (nSPS) is 12.1. The van der Waals surface area contributed by atoms with Gasteiger partial charge in [0.05, 0.1) is 0 Å². The van der Waals surface area contributed by atoms with Crippen molar-refractivity contribution in [1.29, 1.82) is 0 Å². The first kappa shape index (κ1) is 27.1. The Morgan fingerprint density at radius 1 is 0.385 bits per heavy atom. The van der Waals surface area contributed by atoms with Gasteiger partial charge in [-0.1, -0.05) is 165 Å². The summed E-state index contributed by atoms with van der Waals surface area (Å²) < 4.78 is 0. The second-order valence-electron chi connectivity index (χ2n) is 12.2. The van der Waals surface area contributed by atoms with Gasteiger partial charge in [-0.3, -0.25) is 0 Å². The van der Waals surface area contributed by atoms with Gasteiger partial charge in [0, 0.05) is 0 Å². The summed E-state index contributed by atoms with van der Waals surface area (Å²) in [6.45, 7) is 14.5. The molecule has 5 rings (SSSR count). The molecule has 0 saturated heterocycles. The average molecular weight is 527 g/mol. The second-order valence-corrected chi connectivity index (χ2v) is 16.1. The van der Waals surface area contributed by atoms with Crippen molar-refractivity contribution in [3.63, 3.8) is 0 Å². The Kier molecular flexibility index (Phi) is 7.61. The number of hydrogen-bond acceptors (Lipinski definition) is 0. The quantitative estimate of drug-likeness (QED) is 0.200. The molecule has 0 aliphatic rings. The van der Waals surface area contributed by atoms with Crippen molar-refractivity contribution in [1.82, 2.24) is 0 Å². The number of rotatable bonds is 5. The Morgan fingerprint density at radius 2 is 0.769 bits per heavy atom. The summed E-state index contributed by atoms with van der Waals surface area (Å²) in [5.41, 5.74) is 10.2. The van der Waals surface area contributed by atoms with Crippen LogP contribution in [0.3, 0.4) is 0 Å². The Hall–Kier alpha value is -3.47. The summed E-state index contributed by atoms with van der Waals surface area (Å²) in [7, 11) is -0.496. The highest BCUT2D eigenvalue weighted by Gasteiger charge is 2.37. The van der Waals surface area contributed by atoms with E-state index in [-0.39, 0.29) is 10.3 Å².